The molecule has 0 fully saturated rings. The summed E-state index contributed by atoms with van der Waals surface area (Å²) in [4.78, 5) is 29.7. The zero-order valence-electron chi connectivity index (χ0n) is 17.8. The second-order valence-electron chi connectivity index (χ2n) is 7.02. The van der Waals surface area contributed by atoms with E-state index in [0.717, 1.165) is 25.7 Å². The van der Waals surface area contributed by atoms with E-state index in [1.54, 1.807) is 0 Å². The maximum Gasteiger partial charge on any atom is 0.320 e. The average molecular weight is 374 g/mol. The molecule has 0 bridgehead atoms. The zero-order chi connectivity index (χ0) is 20.1. The van der Waals surface area contributed by atoms with E-state index in [1.807, 2.05) is 63.5 Å². The lowest BCUT2D eigenvalue weighted by Gasteiger charge is -2.28. The molecule has 0 unspecified atom stereocenters. The number of esters is 2. The first-order valence-corrected chi connectivity index (χ1v) is 9.70. The molecule has 7 nitrogen and oxygen atoms in total. The lowest BCUT2D eigenvalue weighted by atomic mass is 10.2. The number of carbonyl (C=O) groups is 2. The first-order valence-electron chi connectivity index (χ1n) is 9.70. The largest absolute Gasteiger partial charge is 0.461 e. The van der Waals surface area contributed by atoms with Crippen LogP contribution in [0, 0.1) is 0 Å². The van der Waals surface area contributed by atoms with Crippen LogP contribution in [0.25, 0.3) is 0 Å². The third-order valence-corrected chi connectivity index (χ3v) is 4.18. The molecule has 0 aromatic heterocycles. The van der Waals surface area contributed by atoms with Crippen LogP contribution in [-0.4, -0.2) is 86.4 Å². The van der Waals surface area contributed by atoms with Crippen LogP contribution in [0.4, 0.5) is 0 Å². The Morgan fingerprint density at radius 1 is 0.654 bits per heavy atom. The van der Waals surface area contributed by atoms with Gasteiger partial charge < -0.3 is 9.47 Å². The van der Waals surface area contributed by atoms with Gasteiger partial charge in [-0.3, -0.25) is 24.3 Å². The second kappa shape index (κ2) is 13.9. The number of likely N-dealkylation sites (N-methyl/N-ethyl adjacent to an activating group) is 2. The second-order valence-corrected chi connectivity index (χ2v) is 7.02. The molecule has 0 rings (SSSR count). The summed E-state index contributed by atoms with van der Waals surface area (Å²) in [7, 11) is 5.71. The fraction of sp³-hybridized carbons (Fsp3) is 0.895. The molecule has 0 heterocycles. The molecule has 0 N–H and O–H groups in total. The molecule has 0 saturated carbocycles. The molecular formula is C19H39N3O4. The van der Waals surface area contributed by atoms with Crippen LogP contribution in [0.1, 0.15) is 53.4 Å². The maximum atomic E-state index is 11.9. The van der Waals surface area contributed by atoms with Gasteiger partial charge in [0.05, 0.1) is 26.4 Å². The van der Waals surface area contributed by atoms with Crippen LogP contribution >= 0.6 is 0 Å². The Kier molecular flexibility index (Phi) is 13.3. The normalized spacial score (nSPS) is 11.8. The van der Waals surface area contributed by atoms with E-state index in [-0.39, 0.29) is 37.2 Å². The van der Waals surface area contributed by atoms with Gasteiger partial charge in [-0.2, -0.15) is 0 Å². The number of hydrogen-bond acceptors (Lipinski definition) is 7. The van der Waals surface area contributed by atoms with Gasteiger partial charge in [-0.05, 0) is 46.8 Å². The SMILES string of the molecule is CCC(CC)OC(=O)CN(C)CN(C)CN(C)CC(=O)OC(CC)CC. The minimum atomic E-state index is -0.197. The van der Waals surface area contributed by atoms with Gasteiger partial charge in [-0.25, -0.2) is 0 Å². The Morgan fingerprint density at radius 3 is 1.23 bits per heavy atom. The highest BCUT2D eigenvalue weighted by atomic mass is 16.5. The van der Waals surface area contributed by atoms with Crippen molar-refractivity contribution in [1.82, 2.24) is 14.7 Å². The average Bonchev–Trinajstić information content (AvgIpc) is 2.56. The number of carbonyl (C=O) groups excluding carboxylic acids is 2. The summed E-state index contributed by atoms with van der Waals surface area (Å²) in [6.45, 7) is 9.77. The predicted octanol–water partition coefficient (Wildman–Crippen LogP) is 2.16. The Hall–Kier alpha value is -1.18. The monoisotopic (exact) mass is 373 g/mol. The first kappa shape index (κ1) is 24.8. The Labute approximate surface area is 159 Å². The molecule has 0 aliphatic heterocycles. The van der Waals surface area contributed by atoms with E-state index < -0.39 is 0 Å². The van der Waals surface area contributed by atoms with E-state index >= 15 is 0 Å². The van der Waals surface area contributed by atoms with Crippen molar-refractivity contribution in [3.8, 4) is 0 Å². The molecule has 26 heavy (non-hydrogen) atoms. The molecule has 0 radical (unpaired) electrons. The Morgan fingerprint density at radius 2 is 0.962 bits per heavy atom. The van der Waals surface area contributed by atoms with Gasteiger partial charge in [0, 0.05) is 0 Å². The van der Waals surface area contributed by atoms with Crippen LogP contribution in [0.5, 0.6) is 0 Å². The highest BCUT2D eigenvalue weighted by Gasteiger charge is 2.16. The minimum Gasteiger partial charge on any atom is -0.461 e. The minimum absolute atomic E-state index is 0.000780. The van der Waals surface area contributed by atoms with E-state index in [2.05, 4.69) is 0 Å². The van der Waals surface area contributed by atoms with Crippen LogP contribution < -0.4 is 0 Å². The number of nitrogens with zero attached hydrogens (tertiary/aromatic N) is 3. The predicted molar refractivity (Wildman–Crippen MR) is 104 cm³/mol. The van der Waals surface area contributed by atoms with Crippen molar-refractivity contribution >= 4 is 11.9 Å². The van der Waals surface area contributed by atoms with Crippen LogP contribution in [0.15, 0.2) is 0 Å². The van der Waals surface area contributed by atoms with Gasteiger partial charge in [0.2, 0.25) is 0 Å². The van der Waals surface area contributed by atoms with Crippen molar-refractivity contribution in [3.05, 3.63) is 0 Å². The Bertz CT molecular complexity index is 362. The van der Waals surface area contributed by atoms with Crippen molar-refractivity contribution in [2.75, 3.05) is 47.6 Å². The van der Waals surface area contributed by atoms with Gasteiger partial charge >= 0.3 is 11.9 Å². The molecule has 0 amide bonds. The molecule has 0 aromatic carbocycles. The topological polar surface area (TPSA) is 62.3 Å². The van der Waals surface area contributed by atoms with Crippen molar-refractivity contribution in [1.29, 1.82) is 0 Å². The molecule has 154 valence electrons. The molecule has 0 spiro atoms. The van der Waals surface area contributed by atoms with Crippen LogP contribution in [0.3, 0.4) is 0 Å². The summed E-state index contributed by atoms with van der Waals surface area (Å²) in [5, 5.41) is 0. The third kappa shape index (κ3) is 11.4. The van der Waals surface area contributed by atoms with Gasteiger partial charge in [0.1, 0.15) is 12.2 Å². The first-order chi connectivity index (χ1) is 12.2. The van der Waals surface area contributed by atoms with Crippen molar-refractivity contribution < 1.29 is 19.1 Å². The number of rotatable bonds is 14. The lowest BCUT2D eigenvalue weighted by Crippen LogP contribution is -2.43. The third-order valence-electron chi connectivity index (χ3n) is 4.18. The molecule has 0 aromatic rings. The number of ether oxygens (including phenoxy) is 2. The van der Waals surface area contributed by atoms with Crippen molar-refractivity contribution in [3.63, 3.8) is 0 Å². The molecule has 7 heteroatoms. The molecule has 0 aliphatic carbocycles. The maximum absolute atomic E-state index is 11.9. The van der Waals surface area contributed by atoms with E-state index in [4.69, 9.17) is 9.47 Å². The summed E-state index contributed by atoms with van der Waals surface area (Å²) in [5.74, 6) is -0.395. The quantitative estimate of drug-likeness (QED) is 0.341. The summed E-state index contributed by atoms with van der Waals surface area (Å²) in [6, 6.07) is 0. The highest BCUT2D eigenvalue weighted by molar-refractivity contribution is 5.72. The standard InChI is InChI=1S/C19H39N3O4/c1-8-16(9-2)25-18(23)12-20(5)14-22(7)15-21(6)13-19(24)26-17(10-3)11-4/h16-17H,8-15H2,1-7H3. The van der Waals surface area contributed by atoms with Crippen LogP contribution in [0.2, 0.25) is 0 Å². The van der Waals surface area contributed by atoms with E-state index in [0.29, 0.717) is 13.3 Å². The van der Waals surface area contributed by atoms with Gasteiger partial charge in [0.15, 0.2) is 0 Å². The summed E-state index contributed by atoms with van der Waals surface area (Å²) in [6.07, 6.45) is 3.35. The van der Waals surface area contributed by atoms with E-state index in [9.17, 15) is 9.59 Å². The smallest absolute Gasteiger partial charge is 0.320 e. The summed E-state index contributed by atoms with van der Waals surface area (Å²) >= 11 is 0. The van der Waals surface area contributed by atoms with Crippen molar-refractivity contribution in [2.45, 2.75) is 65.6 Å². The Balaban J connectivity index is 4.16. The fourth-order valence-electron chi connectivity index (χ4n) is 2.77. The number of hydrogen-bond donors (Lipinski definition) is 0. The molecule has 0 saturated heterocycles. The van der Waals surface area contributed by atoms with Gasteiger partial charge in [0.25, 0.3) is 0 Å². The van der Waals surface area contributed by atoms with Crippen LogP contribution in [-0.2, 0) is 19.1 Å². The molecule has 0 aliphatic rings. The van der Waals surface area contributed by atoms with Crippen molar-refractivity contribution in [2.24, 2.45) is 0 Å². The fourth-order valence-corrected chi connectivity index (χ4v) is 2.77. The zero-order valence-corrected chi connectivity index (χ0v) is 17.8. The van der Waals surface area contributed by atoms with Gasteiger partial charge in [-0.1, -0.05) is 27.7 Å². The van der Waals surface area contributed by atoms with Gasteiger partial charge in [-0.15, -0.1) is 0 Å². The summed E-state index contributed by atoms with van der Waals surface area (Å²) < 4.78 is 10.8. The van der Waals surface area contributed by atoms with E-state index in [1.165, 1.54) is 0 Å². The highest BCUT2D eigenvalue weighted by Crippen LogP contribution is 2.05. The lowest BCUT2D eigenvalue weighted by molar-refractivity contribution is -0.151. The molecule has 0 atom stereocenters. The summed E-state index contributed by atoms with van der Waals surface area (Å²) in [5.41, 5.74) is 0. The molecular weight excluding hydrogens is 334 g/mol.